The Kier molecular flexibility index (Phi) is 1.93. The third-order valence-corrected chi connectivity index (χ3v) is 2.69. The maximum absolute atomic E-state index is 5.72. The third-order valence-electron chi connectivity index (χ3n) is 2.69. The van der Waals surface area contributed by atoms with E-state index in [9.17, 15) is 0 Å². The summed E-state index contributed by atoms with van der Waals surface area (Å²) in [6.45, 7) is 2.12. The molecule has 1 aromatic heterocycles. The van der Waals surface area contributed by atoms with Crippen molar-refractivity contribution >= 4 is 5.69 Å². The maximum atomic E-state index is 5.72. The van der Waals surface area contributed by atoms with Crippen molar-refractivity contribution in [1.29, 1.82) is 0 Å². The van der Waals surface area contributed by atoms with Crippen LogP contribution < -0.4 is 5.73 Å². The highest BCUT2D eigenvalue weighted by atomic mass is 16.3. The second-order valence-electron chi connectivity index (χ2n) is 3.47. The molecule has 66 valence electrons. The zero-order chi connectivity index (χ0) is 8.55. The van der Waals surface area contributed by atoms with E-state index < -0.39 is 0 Å². The number of hydrogen-bond acceptors (Lipinski definition) is 1. The average Bonchev–Trinajstić information content (AvgIpc) is 2.44. The van der Waals surface area contributed by atoms with E-state index in [0.29, 0.717) is 0 Å². The van der Waals surface area contributed by atoms with Crippen LogP contribution in [0.1, 0.15) is 36.8 Å². The van der Waals surface area contributed by atoms with Gasteiger partial charge in [0.2, 0.25) is 0 Å². The predicted octanol–water partition coefficient (Wildman–Crippen LogP) is 1.59. The number of fused-ring (bicyclic) bond motifs is 1. The van der Waals surface area contributed by atoms with Crippen molar-refractivity contribution < 1.29 is 10.2 Å². The lowest BCUT2D eigenvalue weighted by molar-refractivity contribution is -0.257. The van der Waals surface area contributed by atoms with Crippen molar-refractivity contribution in [3.63, 3.8) is 0 Å². The van der Waals surface area contributed by atoms with Crippen LogP contribution in [0.3, 0.4) is 0 Å². The van der Waals surface area contributed by atoms with E-state index in [1.54, 1.807) is 0 Å². The van der Waals surface area contributed by atoms with Gasteiger partial charge in [0.25, 0.3) is 0 Å². The molecule has 0 aromatic carbocycles. The first-order chi connectivity index (χ1) is 5.83. The number of quaternary nitrogens is 1. The Morgan fingerprint density at radius 3 is 2.75 bits per heavy atom. The molecule has 12 heavy (non-hydrogen) atoms. The topological polar surface area (TPSA) is 40.8 Å². The van der Waals surface area contributed by atoms with E-state index in [2.05, 4.69) is 12.7 Å². The van der Waals surface area contributed by atoms with E-state index in [1.165, 1.54) is 36.3 Å². The van der Waals surface area contributed by atoms with Gasteiger partial charge in [-0.15, -0.1) is 0 Å². The van der Waals surface area contributed by atoms with Crippen LogP contribution in [0.25, 0.3) is 0 Å². The summed E-state index contributed by atoms with van der Waals surface area (Å²) in [5.41, 5.74) is 6.65. The van der Waals surface area contributed by atoms with Crippen LogP contribution in [0.2, 0.25) is 0 Å². The molecule has 0 fully saturated rings. The standard InChI is InChI=1S/C10H15NO/c1-2-8-10(11)7-5-3-4-6-9(7)12-8/h2-6,11H2,1H3/p+1. The summed E-state index contributed by atoms with van der Waals surface area (Å²) in [4.78, 5) is 0. The van der Waals surface area contributed by atoms with Gasteiger partial charge < -0.3 is 10.2 Å². The Morgan fingerprint density at radius 1 is 1.33 bits per heavy atom. The summed E-state index contributed by atoms with van der Waals surface area (Å²) in [7, 11) is 0. The van der Waals surface area contributed by atoms with Gasteiger partial charge in [-0.3, -0.25) is 0 Å². The first-order valence-electron chi connectivity index (χ1n) is 4.78. The van der Waals surface area contributed by atoms with Gasteiger partial charge >= 0.3 is 0 Å². The molecule has 0 bridgehead atoms. The highest BCUT2D eigenvalue weighted by molar-refractivity contribution is 5.46. The van der Waals surface area contributed by atoms with E-state index in [4.69, 9.17) is 4.42 Å². The van der Waals surface area contributed by atoms with E-state index in [1.807, 2.05) is 0 Å². The Balaban J connectivity index is 2.44. The Hall–Kier alpha value is -0.760. The highest BCUT2D eigenvalue weighted by Crippen LogP contribution is 2.30. The summed E-state index contributed by atoms with van der Waals surface area (Å²) in [6.07, 6.45) is 5.86. The van der Waals surface area contributed by atoms with Crippen LogP contribution in [0.15, 0.2) is 4.42 Å². The summed E-state index contributed by atoms with van der Waals surface area (Å²) >= 11 is 0. The first kappa shape index (κ1) is 7.87. The summed E-state index contributed by atoms with van der Waals surface area (Å²) in [5.74, 6) is 2.31. The monoisotopic (exact) mass is 166 g/mol. The van der Waals surface area contributed by atoms with Gasteiger partial charge in [0.05, 0.1) is 5.56 Å². The summed E-state index contributed by atoms with van der Waals surface area (Å²) in [5, 5.41) is 0. The minimum Gasteiger partial charge on any atom is -0.459 e. The second kappa shape index (κ2) is 2.94. The van der Waals surface area contributed by atoms with E-state index in [0.717, 1.165) is 18.6 Å². The molecule has 0 radical (unpaired) electrons. The fourth-order valence-corrected chi connectivity index (χ4v) is 1.97. The zero-order valence-corrected chi connectivity index (χ0v) is 7.65. The molecule has 0 spiro atoms. The molecule has 2 nitrogen and oxygen atoms in total. The molecule has 0 unspecified atom stereocenters. The Labute approximate surface area is 72.7 Å². The molecule has 0 atom stereocenters. The molecular weight excluding hydrogens is 150 g/mol. The van der Waals surface area contributed by atoms with Crippen molar-refractivity contribution in [2.24, 2.45) is 0 Å². The van der Waals surface area contributed by atoms with E-state index >= 15 is 0 Å². The van der Waals surface area contributed by atoms with Gasteiger partial charge in [-0.25, -0.2) is 0 Å². The number of rotatable bonds is 1. The molecule has 1 heterocycles. The number of furan rings is 1. The predicted molar refractivity (Wildman–Crippen MR) is 47.3 cm³/mol. The van der Waals surface area contributed by atoms with Gasteiger partial charge in [-0.05, 0) is 19.3 Å². The molecule has 0 amide bonds. The van der Waals surface area contributed by atoms with Gasteiger partial charge in [0.15, 0.2) is 11.4 Å². The van der Waals surface area contributed by atoms with Gasteiger partial charge in [-0.1, -0.05) is 6.92 Å². The molecule has 1 aromatic rings. The van der Waals surface area contributed by atoms with E-state index in [-0.39, 0.29) is 0 Å². The molecule has 0 aliphatic heterocycles. The van der Waals surface area contributed by atoms with Gasteiger partial charge in [0, 0.05) is 12.8 Å². The molecule has 1 aliphatic carbocycles. The lowest BCUT2D eigenvalue weighted by Crippen LogP contribution is -2.42. The Morgan fingerprint density at radius 2 is 2.08 bits per heavy atom. The molecule has 0 saturated carbocycles. The van der Waals surface area contributed by atoms with Crippen LogP contribution in [0.5, 0.6) is 0 Å². The minimum atomic E-state index is 0.978. The lowest BCUT2D eigenvalue weighted by atomic mass is 9.97. The Bertz CT molecular complexity index is 288. The van der Waals surface area contributed by atoms with Crippen LogP contribution in [0.4, 0.5) is 5.69 Å². The lowest BCUT2D eigenvalue weighted by Gasteiger charge is -2.07. The van der Waals surface area contributed by atoms with Crippen molar-refractivity contribution in [3.8, 4) is 0 Å². The molecule has 2 heteroatoms. The first-order valence-corrected chi connectivity index (χ1v) is 4.78. The van der Waals surface area contributed by atoms with Crippen molar-refractivity contribution in [2.75, 3.05) is 0 Å². The quantitative estimate of drug-likeness (QED) is 0.676. The SMILES string of the molecule is CCc1oc2c(c1[NH3+])CCCC2. The highest BCUT2D eigenvalue weighted by Gasteiger charge is 2.21. The van der Waals surface area contributed by atoms with Gasteiger partial charge in [-0.2, -0.15) is 0 Å². The molecule has 1 aliphatic rings. The molecular formula is C10H16NO+. The smallest absolute Gasteiger partial charge is 0.173 e. The van der Waals surface area contributed by atoms with Crippen LogP contribution in [-0.2, 0) is 19.3 Å². The summed E-state index contributed by atoms with van der Waals surface area (Å²) in [6, 6.07) is 0. The number of hydrogen-bond donors (Lipinski definition) is 1. The van der Waals surface area contributed by atoms with Crippen LogP contribution in [-0.4, -0.2) is 0 Å². The van der Waals surface area contributed by atoms with Crippen molar-refractivity contribution in [2.45, 2.75) is 39.0 Å². The summed E-state index contributed by atoms with van der Waals surface area (Å²) < 4.78 is 5.72. The largest absolute Gasteiger partial charge is 0.459 e. The fourth-order valence-electron chi connectivity index (χ4n) is 1.97. The molecule has 3 N–H and O–H groups in total. The van der Waals surface area contributed by atoms with Crippen LogP contribution >= 0.6 is 0 Å². The molecule has 2 rings (SSSR count). The van der Waals surface area contributed by atoms with Crippen LogP contribution in [0, 0.1) is 0 Å². The zero-order valence-electron chi connectivity index (χ0n) is 7.65. The normalized spacial score (nSPS) is 16.2. The van der Waals surface area contributed by atoms with Crippen molar-refractivity contribution in [3.05, 3.63) is 17.1 Å². The van der Waals surface area contributed by atoms with Crippen molar-refractivity contribution in [1.82, 2.24) is 0 Å². The number of aryl methyl sites for hydroxylation is 2. The molecule has 0 saturated heterocycles. The maximum Gasteiger partial charge on any atom is 0.173 e. The fraction of sp³-hybridized carbons (Fsp3) is 0.600. The average molecular weight is 166 g/mol. The van der Waals surface area contributed by atoms with Gasteiger partial charge in [0.1, 0.15) is 5.76 Å². The minimum absolute atomic E-state index is 0.978. The second-order valence-corrected chi connectivity index (χ2v) is 3.47. The third kappa shape index (κ3) is 1.07.